The number of halogens is 1. The van der Waals surface area contributed by atoms with Crippen LogP contribution in [-0.2, 0) is 0 Å². The molecule has 0 atom stereocenters. The van der Waals surface area contributed by atoms with Crippen molar-refractivity contribution in [1.29, 1.82) is 5.26 Å². The van der Waals surface area contributed by atoms with E-state index >= 15 is 0 Å². The van der Waals surface area contributed by atoms with Crippen molar-refractivity contribution in [2.75, 3.05) is 0 Å². The molecule has 0 unspecified atom stereocenters. The molecule has 0 aromatic heterocycles. The summed E-state index contributed by atoms with van der Waals surface area (Å²) < 4.78 is 18.3. The molecule has 1 aromatic carbocycles. The Morgan fingerprint density at radius 2 is 2.15 bits per heavy atom. The van der Waals surface area contributed by atoms with Gasteiger partial charge in [0.25, 0.3) is 0 Å². The smallest absolute Gasteiger partial charge is 0.173 e. The zero-order valence-corrected chi connectivity index (χ0v) is 7.54. The topological polar surface area (TPSA) is 33.0 Å². The van der Waals surface area contributed by atoms with E-state index in [0.717, 1.165) is 0 Å². The number of nitriles is 1. The third-order valence-electron chi connectivity index (χ3n) is 1.44. The Kier molecular flexibility index (Phi) is 2.86. The van der Waals surface area contributed by atoms with Crippen LogP contribution in [0.2, 0.25) is 0 Å². The number of hydrogen-bond acceptors (Lipinski definition) is 2. The molecule has 0 amide bonds. The Bertz CT molecular complexity index is 341. The largest absolute Gasteiger partial charge is 0.487 e. The molecule has 0 spiro atoms. The molecule has 1 rings (SSSR count). The van der Waals surface area contributed by atoms with Crippen molar-refractivity contribution in [2.24, 2.45) is 0 Å². The highest BCUT2D eigenvalue weighted by Crippen LogP contribution is 2.22. The fourth-order valence-corrected chi connectivity index (χ4v) is 0.952. The summed E-state index contributed by atoms with van der Waals surface area (Å²) in [6, 6.07) is 6.17. The van der Waals surface area contributed by atoms with Gasteiger partial charge in [0.15, 0.2) is 11.6 Å². The third kappa shape index (κ3) is 2.19. The Hall–Kier alpha value is -1.56. The van der Waals surface area contributed by atoms with Crippen LogP contribution in [0, 0.1) is 17.1 Å². The number of hydrogen-bond donors (Lipinski definition) is 0. The minimum atomic E-state index is -0.493. The quantitative estimate of drug-likeness (QED) is 0.698. The van der Waals surface area contributed by atoms with E-state index in [0.29, 0.717) is 0 Å². The van der Waals surface area contributed by atoms with Crippen molar-refractivity contribution in [3.63, 3.8) is 0 Å². The SMILES string of the molecule is CC(C)Oc1c(F)cccc1C#N. The van der Waals surface area contributed by atoms with Crippen molar-refractivity contribution in [3.8, 4) is 11.8 Å². The molecule has 0 heterocycles. The minimum Gasteiger partial charge on any atom is -0.487 e. The second-order valence-corrected chi connectivity index (χ2v) is 2.89. The Balaban J connectivity index is 3.10. The highest BCUT2D eigenvalue weighted by molar-refractivity contribution is 5.43. The second kappa shape index (κ2) is 3.90. The molecular formula is C10H10FNO. The Morgan fingerprint density at radius 1 is 1.46 bits per heavy atom. The van der Waals surface area contributed by atoms with Crippen molar-refractivity contribution >= 4 is 0 Å². The van der Waals surface area contributed by atoms with Gasteiger partial charge in [0.1, 0.15) is 6.07 Å². The summed E-state index contributed by atoms with van der Waals surface area (Å²) in [5, 5.41) is 8.66. The fraction of sp³-hybridized carbons (Fsp3) is 0.300. The van der Waals surface area contributed by atoms with Gasteiger partial charge in [-0.3, -0.25) is 0 Å². The van der Waals surface area contributed by atoms with Gasteiger partial charge in [-0.05, 0) is 26.0 Å². The lowest BCUT2D eigenvalue weighted by Crippen LogP contribution is -2.08. The van der Waals surface area contributed by atoms with Crippen LogP contribution < -0.4 is 4.74 Å². The number of benzene rings is 1. The molecule has 0 N–H and O–H groups in total. The van der Waals surface area contributed by atoms with E-state index in [4.69, 9.17) is 10.00 Å². The highest BCUT2D eigenvalue weighted by atomic mass is 19.1. The van der Waals surface area contributed by atoms with Crippen LogP contribution in [-0.4, -0.2) is 6.10 Å². The Labute approximate surface area is 76.6 Å². The summed E-state index contributed by atoms with van der Waals surface area (Å²) in [4.78, 5) is 0. The maximum absolute atomic E-state index is 13.1. The zero-order chi connectivity index (χ0) is 9.84. The van der Waals surface area contributed by atoms with Crippen molar-refractivity contribution < 1.29 is 9.13 Å². The van der Waals surface area contributed by atoms with Crippen molar-refractivity contribution in [3.05, 3.63) is 29.6 Å². The normalized spacial score (nSPS) is 9.77. The number of ether oxygens (including phenoxy) is 1. The minimum absolute atomic E-state index is 0.0417. The van der Waals surface area contributed by atoms with E-state index in [1.165, 1.54) is 18.2 Å². The maximum Gasteiger partial charge on any atom is 0.173 e. The molecule has 1 aromatic rings. The Morgan fingerprint density at radius 3 is 2.69 bits per heavy atom. The highest BCUT2D eigenvalue weighted by Gasteiger charge is 2.10. The lowest BCUT2D eigenvalue weighted by Gasteiger charge is -2.11. The summed E-state index contributed by atoms with van der Waals surface area (Å²) in [6.45, 7) is 3.57. The zero-order valence-electron chi connectivity index (χ0n) is 7.54. The van der Waals surface area contributed by atoms with Gasteiger partial charge in [-0.1, -0.05) is 6.07 Å². The van der Waals surface area contributed by atoms with E-state index in [1.807, 2.05) is 6.07 Å². The standard InChI is InChI=1S/C10H10FNO/c1-7(2)13-10-8(6-12)4-3-5-9(10)11/h3-5,7H,1-2H3. The lowest BCUT2D eigenvalue weighted by atomic mass is 10.2. The molecule has 2 nitrogen and oxygen atoms in total. The molecule has 3 heteroatoms. The summed E-state index contributed by atoms with van der Waals surface area (Å²) in [6.07, 6.45) is -0.135. The molecule has 0 bridgehead atoms. The van der Waals surface area contributed by atoms with Gasteiger partial charge in [0, 0.05) is 0 Å². The van der Waals surface area contributed by atoms with Gasteiger partial charge in [-0.25, -0.2) is 4.39 Å². The van der Waals surface area contributed by atoms with Crippen LogP contribution in [0.4, 0.5) is 4.39 Å². The van der Waals surface area contributed by atoms with Crippen LogP contribution in [0.15, 0.2) is 18.2 Å². The van der Waals surface area contributed by atoms with Gasteiger partial charge in [-0.2, -0.15) is 5.26 Å². The van der Waals surface area contributed by atoms with Gasteiger partial charge >= 0.3 is 0 Å². The van der Waals surface area contributed by atoms with Crippen molar-refractivity contribution in [1.82, 2.24) is 0 Å². The predicted octanol–water partition coefficient (Wildman–Crippen LogP) is 2.48. The molecule has 68 valence electrons. The van der Waals surface area contributed by atoms with E-state index < -0.39 is 5.82 Å². The molecule has 0 aliphatic heterocycles. The third-order valence-corrected chi connectivity index (χ3v) is 1.44. The lowest BCUT2D eigenvalue weighted by molar-refractivity contribution is 0.230. The van der Waals surface area contributed by atoms with Gasteiger partial charge in [-0.15, -0.1) is 0 Å². The molecule has 0 saturated heterocycles. The van der Waals surface area contributed by atoms with Crippen LogP contribution >= 0.6 is 0 Å². The molecule has 0 radical (unpaired) electrons. The summed E-state index contributed by atoms with van der Waals surface area (Å²) in [5.74, 6) is -0.451. The second-order valence-electron chi connectivity index (χ2n) is 2.89. The van der Waals surface area contributed by atoms with E-state index in [2.05, 4.69) is 0 Å². The van der Waals surface area contributed by atoms with E-state index in [1.54, 1.807) is 13.8 Å². The van der Waals surface area contributed by atoms with Crippen LogP contribution in [0.1, 0.15) is 19.4 Å². The first-order valence-electron chi connectivity index (χ1n) is 4.00. The number of nitrogens with zero attached hydrogens (tertiary/aromatic N) is 1. The average molecular weight is 179 g/mol. The molecular weight excluding hydrogens is 169 g/mol. The summed E-state index contributed by atoms with van der Waals surface area (Å²) in [7, 11) is 0. The predicted molar refractivity (Wildman–Crippen MR) is 46.9 cm³/mol. The van der Waals surface area contributed by atoms with Gasteiger partial charge < -0.3 is 4.74 Å². The fourth-order valence-electron chi connectivity index (χ4n) is 0.952. The average Bonchev–Trinajstić information content (AvgIpc) is 2.08. The maximum atomic E-state index is 13.1. The summed E-state index contributed by atoms with van der Waals surface area (Å²) >= 11 is 0. The molecule has 13 heavy (non-hydrogen) atoms. The van der Waals surface area contributed by atoms with E-state index in [9.17, 15) is 4.39 Å². The summed E-state index contributed by atoms with van der Waals surface area (Å²) in [5.41, 5.74) is 0.230. The molecule has 0 saturated carbocycles. The molecule has 0 fully saturated rings. The van der Waals surface area contributed by atoms with Crippen LogP contribution in [0.3, 0.4) is 0 Å². The van der Waals surface area contributed by atoms with Gasteiger partial charge in [0.05, 0.1) is 11.7 Å². The van der Waals surface area contributed by atoms with Crippen LogP contribution in [0.25, 0.3) is 0 Å². The van der Waals surface area contributed by atoms with Gasteiger partial charge in [0.2, 0.25) is 0 Å². The van der Waals surface area contributed by atoms with Crippen molar-refractivity contribution in [2.45, 2.75) is 20.0 Å². The monoisotopic (exact) mass is 179 g/mol. The number of rotatable bonds is 2. The van der Waals surface area contributed by atoms with E-state index in [-0.39, 0.29) is 17.4 Å². The first-order valence-corrected chi connectivity index (χ1v) is 4.00. The first kappa shape index (κ1) is 9.53. The molecule has 0 aliphatic carbocycles. The number of para-hydroxylation sites is 1. The first-order chi connectivity index (χ1) is 6.15. The van der Waals surface area contributed by atoms with Crippen LogP contribution in [0.5, 0.6) is 5.75 Å². The molecule has 0 aliphatic rings.